The maximum absolute atomic E-state index is 6.28. The minimum Gasteiger partial charge on any atom is -0.450 e. The highest BCUT2D eigenvalue weighted by molar-refractivity contribution is 6.21. The van der Waals surface area contributed by atoms with E-state index in [1.807, 2.05) is 60.7 Å². The van der Waals surface area contributed by atoms with E-state index < -0.39 is 0 Å². The van der Waals surface area contributed by atoms with E-state index >= 15 is 0 Å². The summed E-state index contributed by atoms with van der Waals surface area (Å²) < 4.78 is 24.8. The molecule has 0 atom stereocenters. The second kappa shape index (κ2) is 8.88. The predicted octanol–water partition coefficient (Wildman–Crippen LogP) is 11.1. The zero-order valence-corrected chi connectivity index (χ0v) is 22.3. The lowest BCUT2D eigenvalue weighted by Crippen LogP contribution is -1.99. The number of para-hydroxylation sites is 4. The molecule has 4 heteroatoms. The number of ether oxygens (including phenoxy) is 4. The Bertz CT molecular complexity index is 2000. The summed E-state index contributed by atoms with van der Waals surface area (Å²) in [5, 5.41) is 4.62. The Kier molecular flexibility index (Phi) is 4.87. The molecule has 2 heterocycles. The topological polar surface area (TPSA) is 36.9 Å². The van der Waals surface area contributed by atoms with Gasteiger partial charge in [0.1, 0.15) is 0 Å². The minimum absolute atomic E-state index is 0.704. The Morgan fingerprint density at radius 1 is 0.262 bits per heavy atom. The SMILES string of the molecule is c1ccc2c(c1)Oc1ccc(-c3c4ccccc4c(-c4ccc5c(c4)Oc4ccccc4O5)c4ccccc34)cc1O2. The molecule has 0 saturated carbocycles. The van der Waals surface area contributed by atoms with Gasteiger partial charge in [0.15, 0.2) is 46.0 Å². The lowest BCUT2D eigenvalue weighted by molar-refractivity contribution is 0.360. The molecule has 0 aliphatic carbocycles. The average molecular weight is 543 g/mol. The Labute approximate surface area is 241 Å². The molecular weight excluding hydrogens is 520 g/mol. The van der Waals surface area contributed by atoms with Crippen LogP contribution in [0.5, 0.6) is 46.0 Å². The molecule has 7 aromatic rings. The molecule has 0 spiro atoms. The van der Waals surface area contributed by atoms with Crippen LogP contribution in [0.15, 0.2) is 133 Å². The fourth-order valence-electron chi connectivity index (χ4n) is 6.12. The van der Waals surface area contributed by atoms with Crippen LogP contribution in [0, 0.1) is 0 Å². The summed E-state index contributed by atoms with van der Waals surface area (Å²) in [5.74, 6) is 5.70. The molecule has 9 rings (SSSR count). The molecule has 0 bridgehead atoms. The summed E-state index contributed by atoms with van der Waals surface area (Å²) in [6, 6.07) is 45.1. The van der Waals surface area contributed by atoms with Crippen molar-refractivity contribution in [2.75, 3.05) is 0 Å². The molecule has 2 aliphatic heterocycles. The molecule has 4 nitrogen and oxygen atoms in total. The normalized spacial score (nSPS) is 12.6. The van der Waals surface area contributed by atoms with E-state index in [1.54, 1.807) is 0 Å². The monoisotopic (exact) mass is 542 g/mol. The largest absolute Gasteiger partial charge is 0.450 e. The highest BCUT2D eigenvalue weighted by atomic mass is 16.6. The van der Waals surface area contributed by atoms with Gasteiger partial charge in [-0.3, -0.25) is 0 Å². The molecular formula is C38H22O4. The van der Waals surface area contributed by atoms with Crippen LogP contribution in [-0.4, -0.2) is 0 Å². The molecule has 7 aromatic carbocycles. The maximum atomic E-state index is 6.28. The van der Waals surface area contributed by atoms with Crippen molar-refractivity contribution >= 4 is 21.5 Å². The second-order valence-electron chi connectivity index (χ2n) is 10.5. The van der Waals surface area contributed by atoms with E-state index in [9.17, 15) is 0 Å². The van der Waals surface area contributed by atoms with Crippen molar-refractivity contribution < 1.29 is 18.9 Å². The maximum Gasteiger partial charge on any atom is 0.170 e. The summed E-state index contributed by atoms with van der Waals surface area (Å²) in [6.07, 6.45) is 0. The highest BCUT2D eigenvalue weighted by Gasteiger charge is 2.23. The summed E-state index contributed by atoms with van der Waals surface area (Å²) in [7, 11) is 0. The van der Waals surface area contributed by atoms with Crippen molar-refractivity contribution in [2.24, 2.45) is 0 Å². The number of hydrogen-bond donors (Lipinski definition) is 0. The Morgan fingerprint density at radius 3 is 0.905 bits per heavy atom. The molecule has 0 saturated heterocycles. The van der Waals surface area contributed by atoms with E-state index in [1.165, 1.54) is 0 Å². The molecule has 0 aromatic heterocycles. The first-order valence-corrected chi connectivity index (χ1v) is 13.9. The molecule has 0 fully saturated rings. The van der Waals surface area contributed by atoms with Crippen LogP contribution >= 0.6 is 0 Å². The molecule has 0 N–H and O–H groups in total. The van der Waals surface area contributed by atoms with Crippen LogP contribution < -0.4 is 18.9 Å². The van der Waals surface area contributed by atoms with Gasteiger partial charge in [0.05, 0.1) is 0 Å². The van der Waals surface area contributed by atoms with Crippen LogP contribution in [0.2, 0.25) is 0 Å². The number of fused-ring (bicyclic) bond motifs is 6. The zero-order chi connectivity index (χ0) is 27.6. The third kappa shape index (κ3) is 3.49. The van der Waals surface area contributed by atoms with Gasteiger partial charge in [0, 0.05) is 0 Å². The zero-order valence-electron chi connectivity index (χ0n) is 22.3. The Hall–Kier alpha value is -5.74. The number of benzene rings is 7. The first-order chi connectivity index (χ1) is 20.8. The molecule has 42 heavy (non-hydrogen) atoms. The van der Waals surface area contributed by atoms with Crippen molar-refractivity contribution in [2.45, 2.75) is 0 Å². The van der Waals surface area contributed by atoms with Gasteiger partial charge in [-0.25, -0.2) is 0 Å². The fourth-order valence-corrected chi connectivity index (χ4v) is 6.12. The quantitative estimate of drug-likeness (QED) is 0.204. The van der Waals surface area contributed by atoms with Gasteiger partial charge in [-0.2, -0.15) is 0 Å². The standard InChI is InChI=1S/C38H22O4/c1-2-10-26-25(9-1)37(23-17-19-33-35(21-23)41-31-15-7-5-13-29(31)39-33)27-11-3-4-12-28(27)38(26)24-18-20-34-36(22-24)42-32-16-8-6-14-30(32)40-34/h1-22H. The molecule has 2 aliphatic rings. The Balaban J connectivity index is 1.24. The first-order valence-electron chi connectivity index (χ1n) is 13.9. The van der Waals surface area contributed by atoms with Crippen LogP contribution in [0.3, 0.4) is 0 Å². The van der Waals surface area contributed by atoms with E-state index in [4.69, 9.17) is 18.9 Å². The third-order valence-electron chi connectivity index (χ3n) is 7.97. The van der Waals surface area contributed by atoms with Crippen molar-refractivity contribution in [3.63, 3.8) is 0 Å². The summed E-state index contributed by atoms with van der Waals surface area (Å²) >= 11 is 0. The van der Waals surface area contributed by atoms with Crippen LogP contribution in [0.1, 0.15) is 0 Å². The summed E-state index contributed by atoms with van der Waals surface area (Å²) in [5.41, 5.74) is 4.44. The summed E-state index contributed by atoms with van der Waals surface area (Å²) in [4.78, 5) is 0. The van der Waals surface area contributed by atoms with E-state index in [0.717, 1.165) is 55.3 Å². The van der Waals surface area contributed by atoms with E-state index in [-0.39, 0.29) is 0 Å². The molecule has 0 unspecified atom stereocenters. The number of rotatable bonds is 2. The predicted molar refractivity (Wildman–Crippen MR) is 166 cm³/mol. The van der Waals surface area contributed by atoms with Crippen molar-refractivity contribution in [3.05, 3.63) is 133 Å². The van der Waals surface area contributed by atoms with E-state index in [0.29, 0.717) is 34.5 Å². The van der Waals surface area contributed by atoms with Gasteiger partial charge in [0.25, 0.3) is 0 Å². The van der Waals surface area contributed by atoms with Gasteiger partial charge < -0.3 is 18.9 Å². The molecule has 198 valence electrons. The fraction of sp³-hybridized carbons (Fsp3) is 0. The van der Waals surface area contributed by atoms with E-state index in [2.05, 4.69) is 72.8 Å². The van der Waals surface area contributed by atoms with Gasteiger partial charge in [-0.15, -0.1) is 0 Å². The lowest BCUT2D eigenvalue weighted by atomic mass is 9.86. The van der Waals surface area contributed by atoms with Crippen LogP contribution in [-0.2, 0) is 0 Å². The minimum atomic E-state index is 0.704. The smallest absolute Gasteiger partial charge is 0.170 e. The second-order valence-corrected chi connectivity index (χ2v) is 10.5. The Morgan fingerprint density at radius 2 is 0.548 bits per heavy atom. The summed E-state index contributed by atoms with van der Waals surface area (Å²) in [6.45, 7) is 0. The number of hydrogen-bond acceptors (Lipinski definition) is 4. The lowest BCUT2D eigenvalue weighted by Gasteiger charge is -2.23. The van der Waals surface area contributed by atoms with Crippen LogP contribution in [0.4, 0.5) is 0 Å². The third-order valence-corrected chi connectivity index (χ3v) is 7.97. The molecule has 0 amide bonds. The van der Waals surface area contributed by atoms with Crippen molar-refractivity contribution in [1.29, 1.82) is 0 Å². The highest BCUT2D eigenvalue weighted by Crippen LogP contribution is 2.51. The van der Waals surface area contributed by atoms with Gasteiger partial charge in [0.2, 0.25) is 0 Å². The van der Waals surface area contributed by atoms with Gasteiger partial charge >= 0.3 is 0 Å². The van der Waals surface area contributed by atoms with Gasteiger partial charge in [-0.05, 0) is 92.3 Å². The van der Waals surface area contributed by atoms with Crippen molar-refractivity contribution in [1.82, 2.24) is 0 Å². The van der Waals surface area contributed by atoms with Gasteiger partial charge in [-0.1, -0.05) is 84.9 Å². The first kappa shape index (κ1) is 23.0. The molecule has 0 radical (unpaired) electrons. The average Bonchev–Trinajstić information content (AvgIpc) is 3.04. The van der Waals surface area contributed by atoms with Crippen molar-refractivity contribution in [3.8, 4) is 68.2 Å². The van der Waals surface area contributed by atoms with Crippen LogP contribution in [0.25, 0.3) is 43.8 Å².